The van der Waals surface area contributed by atoms with Crippen molar-refractivity contribution in [3.05, 3.63) is 83.8 Å². The first-order valence-corrected chi connectivity index (χ1v) is 10.2. The Labute approximate surface area is 168 Å². The molecular formula is C21H20N2O5S. The molecule has 3 N–H and O–H groups in total. The molecule has 8 heteroatoms. The van der Waals surface area contributed by atoms with Crippen LogP contribution in [0.25, 0.3) is 6.08 Å². The molecule has 1 heterocycles. The predicted octanol–water partition coefficient (Wildman–Crippen LogP) is 3.42. The average Bonchev–Trinajstić information content (AvgIpc) is 3.21. The van der Waals surface area contributed by atoms with Crippen molar-refractivity contribution in [2.75, 3.05) is 5.32 Å². The largest absolute Gasteiger partial charge is 0.506 e. The zero-order valence-electron chi connectivity index (χ0n) is 15.6. The maximum atomic E-state index is 12.3. The van der Waals surface area contributed by atoms with E-state index in [2.05, 4.69) is 10.0 Å². The van der Waals surface area contributed by atoms with Gasteiger partial charge in [-0.15, -0.1) is 0 Å². The maximum Gasteiger partial charge on any atom is 0.248 e. The van der Waals surface area contributed by atoms with Crippen LogP contribution >= 0.6 is 0 Å². The first-order valence-electron chi connectivity index (χ1n) is 8.74. The summed E-state index contributed by atoms with van der Waals surface area (Å²) in [5, 5.41) is 12.4. The van der Waals surface area contributed by atoms with E-state index in [1.807, 2.05) is 6.92 Å². The summed E-state index contributed by atoms with van der Waals surface area (Å²) in [6, 6.07) is 14.4. The molecule has 0 aliphatic rings. The van der Waals surface area contributed by atoms with Gasteiger partial charge in [0.05, 0.1) is 23.4 Å². The lowest BCUT2D eigenvalue weighted by atomic mass is 10.2. The molecule has 1 aromatic heterocycles. The molecular weight excluding hydrogens is 392 g/mol. The summed E-state index contributed by atoms with van der Waals surface area (Å²) in [4.78, 5) is 12.1. The first kappa shape index (κ1) is 20.4. The van der Waals surface area contributed by atoms with Crippen LogP contribution in [-0.2, 0) is 21.4 Å². The zero-order valence-corrected chi connectivity index (χ0v) is 16.4. The molecule has 150 valence electrons. The molecule has 0 aliphatic heterocycles. The van der Waals surface area contributed by atoms with Crippen molar-refractivity contribution in [3.8, 4) is 5.75 Å². The summed E-state index contributed by atoms with van der Waals surface area (Å²) in [5.41, 5.74) is 1.84. The highest BCUT2D eigenvalue weighted by molar-refractivity contribution is 7.89. The minimum absolute atomic E-state index is 0.0108. The Bertz CT molecular complexity index is 1120. The number of amides is 1. The minimum Gasteiger partial charge on any atom is -0.506 e. The first-order chi connectivity index (χ1) is 13.8. The standard InChI is InChI=1S/C21H20N2O5S/c1-15-4-10-19(20(24)13-15)23-21(25)11-7-16-5-8-18(9-6-16)29(26,27)22-14-17-3-2-12-28-17/h2-13,22,24H,14H2,1H3,(H,23,25)/b11-7+. The smallest absolute Gasteiger partial charge is 0.248 e. The summed E-state index contributed by atoms with van der Waals surface area (Å²) in [5.74, 6) is 0.0862. The lowest BCUT2D eigenvalue weighted by molar-refractivity contribution is -0.111. The molecule has 3 rings (SSSR count). The topological polar surface area (TPSA) is 109 Å². The van der Waals surface area contributed by atoms with Crippen molar-refractivity contribution in [1.29, 1.82) is 0 Å². The Morgan fingerprint density at radius 1 is 1.14 bits per heavy atom. The molecule has 0 aliphatic carbocycles. The van der Waals surface area contributed by atoms with Gasteiger partial charge in [0, 0.05) is 6.08 Å². The molecule has 0 spiro atoms. The van der Waals surface area contributed by atoms with Gasteiger partial charge >= 0.3 is 0 Å². The van der Waals surface area contributed by atoms with E-state index in [0.717, 1.165) is 5.56 Å². The summed E-state index contributed by atoms with van der Waals surface area (Å²) in [6.45, 7) is 1.89. The Balaban J connectivity index is 1.61. The van der Waals surface area contributed by atoms with Crippen LogP contribution in [0.5, 0.6) is 5.75 Å². The fourth-order valence-electron chi connectivity index (χ4n) is 2.51. The van der Waals surface area contributed by atoms with E-state index in [1.54, 1.807) is 48.5 Å². The van der Waals surface area contributed by atoms with E-state index >= 15 is 0 Å². The summed E-state index contributed by atoms with van der Waals surface area (Å²) in [7, 11) is -3.67. The van der Waals surface area contributed by atoms with Crippen molar-refractivity contribution in [1.82, 2.24) is 4.72 Å². The Morgan fingerprint density at radius 2 is 1.90 bits per heavy atom. The predicted molar refractivity (Wildman–Crippen MR) is 110 cm³/mol. The van der Waals surface area contributed by atoms with Crippen LogP contribution in [0.3, 0.4) is 0 Å². The number of carbonyl (C=O) groups excluding carboxylic acids is 1. The number of rotatable bonds is 7. The Morgan fingerprint density at radius 3 is 2.55 bits per heavy atom. The molecule has 0 saturated heterocycles. The highest BCUT2D eigenvalue weighted by Gasteiger charge is 2.14. The molecule has 29 heavy (non-hydrogen) atoms. The molecule has 0 fully saturated rings. The van der Waals surface area contributed by atoms with E-state index in [4.69, 9.17) is 4.42 Å². The summed E-state index contributed by atoms with van der Waals surface area (Å²) in [6.07, 6.45) is 4.33. The maximum absolute atomic E-state index is 12.3. The second-order valence-electron chi connectivity index (χ2n) is 6.32. The molecule has 0 atom stereocenters. The number of aromatic hydroxyl groups is 1. The number of benzene rings is 2. The van der Waals surface area contributed by atoms with E-state index < -0.39 is 15.9 Å². The van der Waals surface area contributed by atoms with Gasteiger partial charge in [0.1, 0.15) is 11.5 Å². The van der Waals surface area contributed by atoms with Gasteiger partial charge in [0.25, 0.3) is 0 Å². The van der Waals surface area contributed by atoms with Crippen LogP contribution in [0, 0.1) is 6.92 Å². The van der Waals surface area contributed by atoms with Gasteiger partial charge in [-0.1, -0.05) is 18.2 Å². The Kier molecular flexibility index (Phi) is 6.16. The number of sulfonamides is 1. The van der Waals surface area contributed by atoms with Crippen molar-refractivity contribution in [2.24, 2.45) is 0 Å². The van der Waals surface area contributed by atoms with Crippen LogP contribution in [0.15, 0.2) is 76.2 Å². The number of anilines is 1. The highest BCUT2D eigenvalue weighted by atomic mass is 32.2. The van der Waals surface area contributed by atoms with E-state index in [1.165, 1.54) is 24.5 Å². The zero-order chi connectivity index (χ0) is 20.9. The molecule has 0 radical (unpaired) electrons. The molecule has 2 aromatic carbocycles. The third kappa shape index (κ3) is 5.56. The number of furan rings is 1. The fourth-order valence-corrected chi connectivity index (χ4v) is 3.51. The Hall–Kier alpha value is -3.36. The van der Waals surface area contributed by atoms with Gasteiger partial charge in [-0.2, -0.15) is 0 Å². The van der Waals surface area contributed by atoms with Gasteiger partial charge in [-0.05, 0) is 60.5 Å². The molecule has 0 bridgehead atoms. The lowest BCUT2D eigenvalue weighted by Gasteiger charge is -2.06. The monoisotopic (exact) mass is 412 g/mol. The van der Waals surface area contributed by atoms with E-state index in [0.29, 0.717) is 17.0 Å². The third-order valence-corrected chi connectivity index (χ3v) is 5.46. The number of hydrogen-bond donors (Lipinski definition) is 3. The van der Waals surface area contributed by atoms with Gasteiger partial charge in [-0.25, -0.2) is 13.1 Å². The van der Waals surface area contributed by atoms with Gasteiger partial charge in [0.2, 0.25) is 15.9 Å². The van der Waals surface area contributed by atoms with E-state index in [-0.39, 0.29) is 17.2 Å². The van der Waals surface area contributed by atoms with Crippen LogP contribution in [0.2, 0.25) is 0 Å². The van der Waals surface area contributed by atoms with Crippen LogP contribution < -0.4 is 10.0 Å². The normalized spacial score (nSPS) is 11.6. The van der Waals surface area contributed by atoms with E-state index in [9.17, 15) is 18.3 Å². The quantitative estimate of drug-likeness (QED) is 0.407. The van der Waals surface area contributed by atoms with Crippen molar-refractivity contribution in [3.63, 3.8) is 0 Å². The third-order valence-electron chi connectivity index (χ3n) is 4.05. The summed E-state index contributed by atoms with van der Waals surface area (Å²) >= 11 is 0. The minimum atomic E-state index is -3.67. The molecule has 1 amide bonds. The molecule has 7 nitrogen and oxygen atoms in total. The number of phenols is 1. The van der Waals surface area contributed by atoms with Gasteiger partial charge in [0.15, 0.2) is 0 Å². The van der Waals surface area contributed by atoms with Crippen molar-refractivity contribution >= 4 is 27.7 Å². The van der Waals surface area contributed by atoms with Gasteiger partial charge in [-0.3, -0.25) is 4.79 Å². The van der Waals surface area contributed by atoms with Crippen LogP contribution in [-0.4, -0.2) is 19.4 Å². The molecule has 0 unspecified atom stereocenters. The number of carbonyl (C=O) groups is 1. The van der Waals surface area contributed by atoms with Crippen LogP contribution in [0.4, 0.5) is 5.69 Å². The second-order valence-corrected chi connectivity index (χ2v) is 8.08. The highest BCUT2D eigenvalue weighted by Crippen LogP contribution is 2.23. The van der Waals surface area contributed by atoms with Gasteiger partial charge < -0.3 is 14.8 Å². The number of aryl methyl sites for hydroxylation is 1. The SMILES string of the molecule is Cc1ccc(NC(=O)/C=C/c2ccc(S(=O)(=O)NCc3ccco3)cc2)c(O)c1. The number of hydrogen-bond acceptors (Lipinski definition) is 5. The second kappa shape index (κ2) is 8.76. The van der Waals surface area contributed by atoms with Crippen molar-refractivity contribution in [2.45, 2.75) is 18.4 Å². The average molecular weight is 412 g/mol. The van der Waals surface area contributed by atoms with Crippen LogP contribution in [0.1, 0.15) is 16.9 Å². The lowest BCUT2D eigenvalue weighted by Crippen LogP contribution is -2.22. The number of phenolic OH excluding ortho intramolecular Hbond substituents is 1. The van der Waals surface area contributed by atoms with Crippen molar-refractivity contribution < 1.29 is 22.7 Å². The summed E-state index contributed by atoms with van der Waals surface area (Å²) < 4.78 is 32.2. The molecule has 3 aromatic rings. The fraction of sp³-hybridized carbons (Fsp3) is 0.0952. The molecule has 0 saturated carbocycles. The number of nitrogens with one attached hydrogen (secondary N) is 2.